The molecule has 3 nitrogen and oxygen atoms in total. The van der Waals surface area contributed by atoms with Gasteiger partial charge in [-0.1, -0.05) is 6.08 Å². The fourth-order valence-corrected chi connectivity index (χ4v) is 0.900. The summed E-state index contributed by atoms with van der Waals surface area (Å²) in [5.41, 5.74) is 0.630. The summed E-state index contributed by atoms with van der Waals surface area (Å²) in [5, 5.41) is 3.95. The first kappa shape index (κ1) is 7.72. The van der Waals surface area contributed by atoms with E-state index >= 15 is 0 Å². The normalized spacial score (nSPS) is 9.55. The molecule has 1 heterocycles. The summed E-state index contributed by atoms with van der Waals surface area (Å²) in [6.07, 6.45) is 3.32. The van der Waals surface area contributed by atoms with Crippen LogP contribution in [0, 0.1) is 0 Å². The molecule has 0 amide bonds. The van der Waals surface area contributed by atoms with Crippen molar-refractivity contribution in [3.63, 3.8) is 0 Å². The minimum atomic E-state index is 0.0318. The summed E-state index contributed by atoms with van der Waals surface area (Å²) in [7, 11) is 0. The van der Waals surface area contributed by atoms with Crippen LogP contribution in [0.4, 0.5) is 0 Å². The third kappa shape index (κ3) is 1.55. The van der Waals surface area contributed by atoms with Crippen molar-refractivity contribution >= 4 is 5.78 Å². The number of allylic oxidation sites excluding steroid dienone is 1. The van der Waals surface area contributed by atoms with Crippen LogP contribution in [-0.2, 0) is 6.54 Å². The number of carbonyl (C=O) groups is 1. The minimum absolute atomic E-state index is 0.0318. The summed E-state index contributed by atoms with van der Waals surface area (Å²) < 4.78 is 1.62. The average Bonchev–Trinajstić information content (AvgIpc) is 2.36. The average molecular weight is 150 g/mol. The first-order chi connectivity index (χ1) is 5.25. The predicted octanol–water partition coefficient (Wildman–Crippen LogP) is 1.27. The maximum atomic E-state index is 10.9. The number of rotatable bonds is 3. The Balaban J connectivity index is 2.95. The van der Waals surface area contributed by atoms with Crippen molar-refractivity contribution in [1.82, 2.24) is 9.78 Å². The van der Waals surface area contributed by atoms with Crippen LogP contribution in [0.15, 0.2) is 24.9 Å². The quantitative estimate of drug-likeness (QED) is 0.480. The van der Waals surface area contributed by atoms with Gasteiger partial charge in [-0.05, 0) is 6.07 Å². The molecule has 0 aliphatic heterocycles. The van der Waals surface area contributed by atoms with Crippen molar-refractivity contribution in [3.05, 3.63) is 30.6 Å². The van der Waals surface area contributed by atoms with Crippen molar-refractivity contribution in [1.29, 1.82) is 0 Å². The van der Waals surface area contributed by atoms with Gasteiger partial charge in [0.05, 0.1) is 6.54 Å². The van der Waals surface area contributed by atoms with Crippen LogP contribution >= 0.6 is 0 Å². The molecule has 11 heavy (non-hydrogen) atoms. The fourth-order valence-electron chi connectivity index (χ4n) is 0.900. The first-order valence-corrected chi connectivity index (χ1v) is 3.39. The largest absolute Gasteiger partial charge is 0.293 e. The van der Waals surface area contributed by atoms with Gasteiger partial charge in [-0.2, -0.15) is 5.10 Å². The van der Waals surface area contributed by atoms with Crippen molar-refractivity contribution in [2.45, 2.75) is 13.5 Å². The molecule has 0 unspecified atom stereocenters. The van der Waals surface area contributed by atoms with Gasteiger partial charge < -0.3 is 0 Å². The third-order valence-electron chi connectivity index (χ3n) is 1.38. The van der Waals surface area contributed by atoms with Crippen LogP contribution in [0.25, 0.3) is 0 Å². The molecule has 0 radical (unpaired) electrons. The molecule has 0 atom stereocenters. The molecule has 0 spiro atoms. The van der Waals surface area contributed by atoms with Crippen molar-refractivity contribution in [3.8, 4) is 0 Å². The topological polar surface area (TPSA) is 34.9 Å². The third-order valence-corrected chi connectivity index (χ3v) is 1.38. The van der Waals surface area contributed by atoms with Crippen molar-refractivity contribution in [2.75, 3.05) is 0 Å². The number of hydrogen-bond acceptors (Lipinski definition) is 2. The molecule has 1 aromatic rings. The van der Waals surface area contributed by atoms with Crippen LogP contribution in [-0.4, -0.2) is 15.6 Å². The Bertz CT molecular complexity index is 275. The molecule has 1 rings (SSSR count). The Hall–Kier alpha value is -1.38. The maximum absolute atomic E-state index is 10.9. The van der Waals surface area contributed by atoms with Crippen LogP contribution in [0.3, 0.4) is 0 Å². The van der Waals surface area contributed by atoms with E-state index < -0.39 is 0 Å². The molecule has 0 aliphatic carbocycles. The molecule has 3 heteroatoms. The molecule has 0 bridgehead atoms. The highest BCUT2D eigenvalue weighted by atomic mass is 16.1. The van der Waals surface area contributed by atoms with Gasteiger partial charge in [-0.15, -0.1) is 6.58 Å². The lowest BCUT2D eigenvalue weighted by atomic mass is 10.3. The maximum Gasteiger partial charge on any atom is 0.177 e. The van der Waals surface area contributed by atoms with E-state index in [9.17, 15) is 4.79 Å². The Labute approximate surface area is 65.3 Å². The Morgan fingerprint density at radius 2 is 2.64 bits per heavy atom. The zero-order chi connectivity index (χ0) is 8.27. The number of hydrogen-bond donors (Lipinski definition) is 0. The van der Waals surface area contributed by atoms with Crippen molar-refractivity contribution < 1.29 is 4.79 Å². The lowest BCUT2D eigenvalue weighted by molar-refractivity contribution is 0.100. The minimum Gasteiger partial charge on any atom is -0.293 e. The van der Waals surface area contributed by atoms with E-state index in [1.807, 2.05) is 0 Å². The van der Waals surface area contributed by atoms with E-state index in [1.165, 1.54) is 6.92 Å². The lowest BCUT2D eigenvalue weighted by Gasteiger charge is -1.98. The van der Waals surface area contributed by atoms with Gasteiger partial charge in [-0.3, -0.25) is 9.48 Å². The molecule has 0 saturated carbocycles. The Kier molecular flexibility index (Phi) is 2.21. The summed E-state index contributed by atoms with van der Waals surface area (Å²) >= 11 is 0. The summed E-state index contributed by atoms with van der Waals surface area (Å²) in [5.74, 6) is 0.0318. The van der Waals surface area contributed by atoms with E-state index in [1.54, 1.807) is 23.0 Å². The second-order valence-corrected chi connectivity index (χ2v) is 2.24. The lowest BCUT2D eigenvalue weighted by Crippen LogP contribution is -2.06. The van der Waals surface area contributed by atoms with Gasteiger partial charge in [0.25, 0.3) is 0 Å². The SMILES string of the molecule is C=CCn1nccc1C(C)=O. The van der Waals surface area contributed by atoms with Gasteiger partial charge in [0, 0.05) is 13.1 Å². The molecule has 0 aromatic carbocycles. The number of Topliss-reactive ketones (excluding diaryl/α,β-unsaturated/α-hetero) is 1. The zero-order valence-corrected chi connectivity index (χ0v) is 6.45. The molecule has 0 aliphatic rings. The summed E-state index contributed by atoms with van der Waals surface area (Å²) in [6, 6.07) is 1.70. The number of ketones is 1. The molecular formula is C8H10N2O. The van der Waals surface area contributed by atoms with E-state index in [0.29, 0.717) is 12.2 Å². The molecular weight excluding hydrogens is 140 g/mol. The van der Waals surface area contributed by atoms with E-state index in [2.05, 4.69) is 11.7 Å². The molecule has 0 saturated heterocycles. The van der Waals surface area contributed by atoms with Crippen LogP contribution in [0.1, 0.15) is 17.4 Å². The Morgan fingerprint density at radius 3 is 3.18 bits per heavy atom. The second-order valence-electron chi connectivity index (χ2n) is 2.24. The van der Waals surface area contributed by atoms with E-state index in [0.717, 1.165) is 0 Å². The van der Waals surface area contributed by atoms with Crippen LogP contribution in [0.5, 0.6) is 0 Å². The number of carbonyl (C=O) groups excluding carboxylic acids is 1. The summed E-state index contributed by atoms with van der Waals surface area (Å²) in [6.45, 7) is 5.67. The number of nitrogens with zero attached hydrogens (tertiary/aromatic N) is 2. The highest BCUT2D eigenvalue weighted by Crippen LogP contribution is 1.99. The van der Waals surface area contributed by atoms with Crippen LogP contribution in [0.2, 0.25) is 0 Å². The second kappa shape index (κ2) is 3.14. The highest BCUT2D eigenvalue weighted by molar-refractivity contribution is 5.92. The molecule has 0 N–H and O–H groups in total. The van der Waals surface area contributed by atoms with Gasteiger partial charge in [0.15, 0.2) is 5.78 Å². The Morgan fingerprint density at radius 1 is 1.91 bits per heavy atom. The zero-order valence-electron chi connectivity index (χ0n) is 6.45. The smallest absolute Gasteiger partial charge is 0.177 e. The van der Waals surface area contributed by atoms with E-state index in [-0.39, 0.29) is 5.78 Å². The van der Waals surface area contributed by atoms with Gasteiger partial charge in [0.2, 0.25) is 0 Å². The molecule has 1 aromatic heterocycles. The van der Waals surface area contributed by atoms with Gasteiger partial charge in [-0.25, -0.2) is 0 Å². The number of aromatic nitrogens is 2. The predicted molar refractivity (Wildman–Crippen MR) is 42.4 cm³/mol. The van der Waals surface area contributed by atoms with Crippen molar-refractivity contribution in [2.24, 2.45) is 0 Å². The fraction of sp³-hybridized carbons (Fsp3) is 0.250. The molecule has 0 fully saturated rings. The van der Waals surface area contributed by atoms with Crippen LogP contribution < -0.4 is 0 Å². The molecule has 58 valence electrons. The van der Waals surface area contributed by atoms with Gasteiger partial charge >= 0.3 is 0 Å². The highest BCUT2D eigenvalue weighted by Gasteiger charge is 2.04. The first-order valence-electron chi connectivity index (χ1n) is 3.39. The monoisotopic (exact) mass is 150 g/mol. The van der Waals surface area contributed by atoms with E-state index in [4.69, 9.17) is 0 Å². The standard InChI is InChI=1S/C8H10N2O/c1-3-6-10-8(7(2)11)4-5-9-10/h3-5H,1,6H2,2H3. The summed E-state index contributed by atoms with van der Waals surface area (Å²) in [4.78, 5) is 10.9. The van der Waals surface area contributed by atoms with Gasteiger partial charge in [0.1, 0.15) is 5.69 Å².